The van der Waals surface area contributed by atoms with E-state index < -0.39 is 0 Å². The van der Waals surface area contributed by atoms with Crippen molar-refractivity contribution in [1.29, 1.82) is 0 Å². The predicted molar refractivity (Wildman–Crippen MR) is 96.0 cm³/mol. The van der Waals surface area contributed by atoms with Crippen molar-refractivity contribution in [1.82, 2.24) is 20.0 Å². The van der Waals surface area contributed by atoms with E-state index in [2.05, 4.69) is 20.0 Å². The Morgan fingerprint density at radius 1 is 1.30 bits per heavy atom. The molecule has 3 aromatic heterocycles. The van der Waals surface area contributed by atoms with Gasteiger partial charge in [-0.2, -0.15) is 4.98 Å². The van der Waals surface area contributed by atoms with Gasteiger partial charge in [0.25, 0.3) is 0 Å². The minimum Gasteiger partial charge on any atom is -0.491 e. The molecule has 0 spiro atoms. The summed E-state index contributed by atoms with van der Waals surface area (Å²) < 4.78 is 21.6. The van der Waals surface area contributed by atoms with Gasteiger partial charge in [0, 0.05) is 19.4 Å². The quantitative estimate of drug-likeness (QED) is 0.559. The van der Waals surface area contributed by atoms with Crippen molar-refractivity contribution in [3.05, 3.63) is 48.4 Å². The summed E-state index contributed by atoms with van der Waals surface area (Å²) in [6.07, 6.45) is 5.44. The van der Waals surface area contributed by atoms with E-state index in [0.717, 1.165) is 31.7 Å². The molecule has 0 radical (unpaired) electrons. The van der Waals surface area contributed by atoms with Gasteiger partial charge in [-0.15, -0.1) is 0 Å². The van der Waals surface area contributed by atoms with Gasteiger partial charge in [0.1, 0.15) is 23.8 Å². The number of likely N-dealkylation sites (tertiary alicyclic amines) is 1. The molecule has 27 heavy (non-hydrogen) atoms. The minimum absolute atomic E-state index is 0.0949. The highest BCUT2D eigenvalue weighted by atomic mass is 16.5. The summed E-state index contributed by atoms with van der Waals surface area (Å²) in [6, 6.07) is 7.58. The molecule has 0 N–H and O–H groups in total. The lowest BCUT2D eigenvalue weighted by atomic mass is 10.2. The molecule has 142 valence electrons. The van der Waals surface area contributed by atoms with Crippen LogP contribution in [-0.4, -0.2) is 46.9 Å². The summed E-state index contributed by atoms with van der Waals surface area (Å²) in [5.74, 6) is 2.71. The summed E-state index contributed by atoms with van der Waals surface area (Å²) in [5.41, 5.74) is 0.621. The first-order chi connectivity index (χ1) is 13.3. The summed E-state index contributed by atoms with van der Waals surface area (Å²) in [7, 11) is 1.64. The van der Waals surface area contributed by atoms with E-state index in [1.165, 1.54) is 0 Å². The fourth-order valence-corrected chi connectivity index (χ4v) is 3.24. The molecule has 0 saturated carbocycles. The lowest BCUT2D eigenvalue weighted by Crippen LogP contribution is -2.22. The Labute approximate surface area is 157 Å². The number of hydrogen-bond donors (Lipinski definition) is 0. The molecule has 4 heterocycles. The van der Waals surface area contributed by atoms with Crippen LogP contribution in [0.3, 0.4) is 0 Å². The molecule has 3 aromatic rings. The van der Waals surface area contributed by atoms with Gasteiger partial charge in [0.2, 0.25) is 11.7 Å². The van der Waals surface area contributed by atoms with Crippen LogP contribution in [-0.2, 0) is 11.3 Å². The Morgan fingerprint density at radius 3 is 3.11 bits per heavy atom. The molecule has 0 unspecified atom stereocenters. The van der Waals surface area contributed by atoms with Crippen LogP contribution in [0.2, 0.25) is 0 Å². The Bertz CT molecular complexity index is 849. The van der Waals surface area contributed by atoms with Crippen molar-refractivity contribution >= 4 is 0 Å². The van der Waals surface area contributed by atoms with Crippen LogP contribution in [0, 0.1) is 0 Å². The number of ether oxygens (including phenoxy) is 2. The molecule has 0 aromatic carbocycles. The van der Waals surface area contributed by atoms with Gasteiger partial charge < -0.3 is 18.4 Å². The molecule has 0 amide bonds. The largest absolute Gasteiger partial charge is 0.491 e. The van der Waals surface area contributed by atoms with Crippen LogP contribution in [0.25, 0.3) is 11.5 Å². The SMILES string of the molecule is COCCOc1ccnc(-c2noc([C@@H]3CCCN3Cc3ccco3)n2)c1. The first kappa shape index (κ1) is 17.7. The molecule has 1 aliphatic rings. The van der Waals surface area contributed by atoms with E-state index in [0.29, 0.717) is 36.4 Å². The Balaban J connectivity index is 1.47. The minimum atomic E-state index is 0.0949. The maximum atomic E-state index is 5.62. The highest BCUT2D eigenvalue weighted by Gasteiger charge is 2.31. The standard InChI is InChI=1S/C19H22N4O4/c1-24-10-11-26-14-6-7-20-16(12-14)18-21-19(27-22-18)17-5-2-8-23(17)13-15-4-3-9-25-15/h3-4,6-7,9,12,17H,2,5,8,10-11,13H2,1H3/t17-/m0/s1. The van der Waals surface area contributed by atoms with Crippen molar-refractivity contribution in [2.75, 3.05) is 26.9 Å². The molecule has 1 saturated heterocycles. The van der Waals surface area contributed by atoms with Crippen molar-refractivity contribution in [3.8, 4) is 17.3 Å². The Hall–Kier alpha value is -2.71. The summed E-state index contributed by atoms with van der Waals surface area (Å²) >= 11 is 0. The van der Waals surface area contributed by atoms with Crippen LogP contribution in [0.1, 0.15) is 30.5 Å². The van der Waals surface area contributed by atoms with Gasteiger partial charge in [0.15, 0.2) is 0 Å². The third-order valence-corrected chi connectivity index (χ3v) is 4.55. The predicted octanol–water partition coefficient (Wildman–Crippen LogP) is 3.09. The van der Waals surface area contributed by atoms with Gasteiger partial charge in [-0.3, -0.25) is 9.88 Å². The zero-order valence-corrected chi connectivity index (χ0v) is 15.2. The van der Waals surface area contributed by atoms with E-state index in [1.807, 2.05) is 12.1 Å². The van der Waals surface area contributed by atoms with Crippen LogP contribution < -0.4 is 4.74 Å². The van der Waals surface area contributed by atoms with Gasteiger partial charge in [0.05, 0.1) is 25.5 Å². The van der Waals surface area contributed by atoms with Gasteiger partial charge in [-0.05, 0) is 37.6 Å². The number of hydrogen-bond acceptors (Lipinski definition) is 8. The number of methoxy groups -OCH3 is 1. The van der Waals surface area contributed by atoms with Gasteiger partial charge >= 0.3 is 0 Å². The van der Waals surface area contributed by atoms with Gasteiger partial charge in [-0.25, -0.2) is 0 Å². The average Bonchev–Trinajstić information content (AvgIpc) is 3.44. The van der Waals surface area contributed by atoms with E-state index >= 15 is 0 Å². The summed E-state index contributed by atoms with van der Waals surface area (Å²) in [5, 5.41) is 4.12. The highest BCUT2D eigenvalue weighted by Crippen LogP contribution is 2.33. The Morgan fingerprint density at radius 2 is 2.26 bits per heavy atom. The molecule has 1 atom stereocenters. The van der Waals surface area contributed by atoms with E-state index in [4.69, 9.17) is 18.4 Å². The first-order valence-electron chi connectivity index (χ1n) is 9.01. The second kappa shape index (κ2) is 8.32. The van der Waals surface area contributed by atoms with E-state index in [-0.39, 0.29) is 6.04 Å². The fourth-order valence-electron chi connectivity index (χ4n) is 3.24. The molecule has 4 rings (SSSR count). The zero-order chi connectivity index (χ0) is 18.5. The molecular formula is C19H22N4O4. The summed E-state index contributed by atoms with van der Waals surface area (Å²) in [4.78, 5) is 11.2. The van der Waals surface area contributed by atoms with Crippen LogP contribution in [0.4, 0.5) is 0 Å². The summed E-state index contributed by atoms with van der Waals surface area (Å²) in [6.45, 7) is 2.71. The number of furan rings is 1. The van der Waals surface area contributed by atoms with Crippen LogP contribution in [0.15, 0.2) is 45.7 Å². The zero-order valence-electron chi connectivity index (χ0n) is 15.2. The fraction of sp³-hybridized carbons (Fsp3) is 0.421. The monoisotopic (exact) mass is 370 g/mol. The van der Waals surface area contributed by atoms with Crippen molar-refractivity contribution in [2.45, 2.75) is 25.4 Å². The molecular weight excluding hydrogens is 348 g/mol. The second-order valence-corrected chi connectivity index (χ2v) is 6.38. The second-order valence-electron chi connectivity index (χ2n) is 6.38. The number of rotatable bonds is 8. The third-order valence-electron chi connectivity index (χ3n) is 4.55. The number of pyridine rings is 1. The van der Waals surface area contributed by atoms with E-state index in [1.54, 1.807) is 31.7 Å². The van der Waals surface area contributed by atoms with Crippen molar-refractivity contribution in [2.24, 2.45) is 0 Å². The smallest absolute Gasteiger partial charge is 0.244 e. The average molecular weight is 370 g/mol. The number of aromatic nitrogens is 3. The van der Waals surface area contributed by atoms with Crippen molar-refractivity contribution in [3.63, 3.8) is 0 Å². The number of nitrogens with zero attached hydrogens (tertiary/aromatic N) is 4. The molecule has 8 heteroatoms. The Kier molecular flexibility index (Phi) is 5.45. The maximum absolute atomic E-state index is 5.62. The van der Waals surface area contributed by atoms with E-state index in [9.17, 15) is 0 Å². The molecule has 1 fully saturated rings. The van der Waals surface area contributed by atoms with Gasteiger partial charge in [-0.1, -0.05) is 5.16 Å². The molecule has 8 nitrogen and oxygen atoms in total. The molecule has 0 aliphatic carbocycles. The van der Waals surface area contributed by atoms with Crippen LogP contribution in [0.5, 0.6) is 5.75 Å². The molecule has 1 aliphatic heterocycles. The highest BCUT2D eigenvalue weighted by molar-refractivity contribution is 5.50. The van der Waals surface area contributed by atoms with Crippen molar-refractivity contribution < 1.29 is 18.4 Å². The third kappa shape index (κ3) is 4.17. The normalized spacial score (nSPS) is 17.4. The lowest BCUT2D eigenvalue weighted by molar-refractivity contribution is 0.146. The lowest BCUT2D eigenvalue weighted by Gasteiger charge is -2.19. The topological polar surface area (TPSA) is 86.7 Å². The first-order valence-corrected chi connectivity index (χ1v) is 9.01. The van der Waals surface area contributed by atoms with Crippen LogP contribution >= 0.6 is 0 Å². The molecule has 0 bridgehead atoms. The maximum Gasteiger partial charge on any atom is 0.244 e.